The predicted octanol–water partition coefficient (Wildman–Crippen LogP) is 7.92. The highest BCUT2D eigenvalue weighted by Gasteiger charge is 2.20. The number of aryl methyl sites for hydroxylation is 3. The third-order valence-electron chi connectivity index (χ3n) is 7.04. The Hall–Kier alpha value is -3.29. The molecule has 4 rings (SSSR count). The molecule has 0 atom stereocenters. The van der Waals surface area contributed by atoms with Crippen molar-refractivity contribution >= 4 is 0 Å². The van der Waals surface area contributed by atoms with Crippen molar-refractivity contribution in [2.75, 3.05) is 0 Å². The van der Waals surface area contributed by atoms with Crippen molar-refractivity contribution in [3.05, 3.63) is 105 Å². The molecule has 1 saturated carbocycles. The molecule has 1 aliphatic carbocycles. The van der Waals surface area contributed by atoms with Crippen molar-refractivity contribution in [1.29, 1.82) is 0 Å². The van der Waals surface area contributed by atoms with Crippen LogP contribution in [-0.4, -0.2) is 0 Å². The van der Waals surface area contributed by atoms with E-state index >= 15 is 0 Å². The molecule has 0 nitrogen and oxygen atoms in total. The van der Waals surface area contributed by atoms with Gasteiger partial charge in [0.15, 0.2) is 0 Å². The molecule has 0 saturated heterocycles. The molecule has 1 heteroatoms. The van der Waals surface area contributed by atoms with Gasteiger partial charge in [-0.2, -0.15) is 0 Å². The fourth-order valence-electron chi connectivity index (χ4n) is 4.82. The molecular weight excluding hydrogens is 415 g/mol. The first-order valence-electron chi connectivity index (χ1n) is 12.4. The number of halogens is 1. The molecule has 0 aliphatic heterocycles. The molecule has 0 spiro atoms. The third-order valence-corrected chi connectivity index (χ3v) is 7.04. The standard InChI is InChI=1S/C33H33F/c1-23-5-9-27(10-6-23)15-17-31-18-16-29(22-33(31)34)13-14-30-19-25(3)32(26(4)20-30)21-28-11-7-24(2)8-12-28/h5-6,9-10,16,18-20,22,24,28H,7-8,11-12,21H2,1-4H3. The Bertz CT molecular complexity index is 1260. The Labute approximate surface area is 204 Å². The van der Waals surface area contributed by atoms with Crippen LogP contribution >= 0.6 is 0 Å². The lowest BCUT2D eigenvalue weighted by Crippen LogP contribution is -2.15. The first-order valence-corrected chi connectivity index (χ1v) is 12.4. The van der Waals surface area contributed by atoms with Gasteiger partial charge in [0.25, 0.3) is 0 Å². The second-order valence-electron chi connectivity index (χ2n) is 9.98. The van der Waals surface area contributed by atoms with Crippen LogP contribution in [-0.2, 0) is 6.42 Å². The van der Waals surface area contributed by atoms with E-state index in [0.717, 1.165) is 23.0 Å². The third kappa shape index (κ3) is 6.18. The molecule has 3 aromatic rings. The number of rotatable bonds is 2. The minimum Gasteiger partial charge on any atom is -0.206 e. The highest BCUT2D eigenvalue weighted by Crippen LogP contribution is 2.32. The summed E-state index contributed by atoms with van der Waals surface area (Å²) < 4.78 is 14.6. The van der Waals surface area contributed by atoms with Gasteiger partial charge in [0.1, 0.15) is 5.82 Å². The molecule has 0 aromatic heterocycles. The summed E-state index contributed by atoms with van der Waals surface area (Å²) in [5, 5.41) is 0. The van der Waals surface area contributed by atoms with Gasteiger partial charge < -0.3 is 0 Å². The fourth-order valence-corrected chi connectivity index (χ4v) is 4.82. The second-order valence-corrected chi connectivity index (χ2v) is 9.98. The number of hydrogen-bond donors (Lipinski definition) is 0. The van der Waals surface area contributed by atoms with Crippen molar-refractivity contribution in [1.82, 2.24) is 0 Å². The molecule has 1 fully saturated rings. The quantitative estimate of drug-likeness (QED) is 0.349. The molecule has 3 aromatic carbocycles. The van der Waals surface area contributed by atoms with Crippen molar-refractivity contribution in [2.45, 2.75) is 59.8 Å². The average molecular weight is 449 g/mol. The van der Waals surface area contributed by atoms with Gasteiger partial charge in [-0.1, -0.05) is 61.1 Å². The van der Waals surface area contributed by atoms with Crippen LogP contribution in [0.15, 0.2) is 54.6 Å². The molecule has 0 N–H and O–H groups in total. The first kappa shape index (κ1) is 23.9. The van der Waals surface area contributed by atoms with E-state index < -0.39 is 0 Å². The second kappa shape index (κ2) is 10.8. The van der Waals surface area contributed by atoms with E-state index in [9.17, 15) is 4.39 Å². The predicted molar refractivity (Wildman–Crippen MR) is 140 cm³/mol. The van der Waals surface area contributed by atoms with Gasteiger partial charge in [-0.3, -0.25) is 0 Å². The average Bonchev–Trinajstić information content (AvgIpc) is 2.82. The van der Waals surface area contributed by atoms with Gasteiger partial charge >= 0.3 is 0 Å². The van der Waals surface area contributed by atoms with Crippen molar-refractivity contribution < 1.29 is 4.39 Å². The topological polar surface area (TPSA) is 0 Å². The van der Waals surface area contributed by atoms with Crippen molar-refractivity contribution in [2.24, 2.45) is 11.8 Å². The van der Waals surface area contributed by atoms with E-state index in [2.05, 4.69) is 56.6 Å². The maximum atomic E-state index is 14.6. The van der Waals surface area contributed by atoms with Gasteiger partial charge in [-0.05, 0) is 111 Å². The molecule has 0 radical (unpaired) electrons. The Kier molecular flexibility index (Phi) is 7.55. The van der Waals surface area contributed by atoms with E-state index in [-0.39, 0.29) is 5.82 Å². The summed E-state index contributed by atoms with van der Waals surface area (Å²) in [5.74, 6) is 13.7. The molecule has 0 bridgehead atoms. The summed E-state index contributed by atoms with van der Waals surface area (Å²) in [7, 11) is 0. The van der Waals surface area contributed by atoms with E-state index in [1.807, 2.05) is 37.3 Å². The smallest absolute Gasteiger partial charge is 0.140 e. The Morgan fingerprint density at radius 3 is 1.94 bits per heavy atom. The highest BCUT2D eigenvalue weighted by atomic mass is 19.1. The van der Waals surface area contributed by atoms with E-state index in [0.29, 0.717) is 11.1 Å². The lowest BCUT2D eigenvalue weighted by atomic mass is 9.79. The van der Waals surface area contributed by atoms with Crippen LogP contribution in [0.25, 0.3) is 0 Å². The summed E-state index contributed by atoms with van der Waals surface area (Å²) in [5.41, 5.74) is 8.20. The maximum absolute atomic E-state index is 14.6. The molecule has 0 amide bonds. The van der Waals surface area contributed by atoms with Crippen LogP contribution in [0, 0.1) is 62.1 Å². The normalized spacial score (nSPS) is 17.3. The zero-order valence-electron chi connectivity index (χ0n) is 20.8. The maximum Gasteiger partial charge on any atom is 0.140 e. The van der Waals surface area contributed by atoms with Crippen LogP contribution in [0.2, 0.25) is 0 Å². The minimum absolute atomic E-state index is 0.337. The van der Waals surface area contributed by atoms with E-state index in [1.165, 1.54) is 60.4 Å². The summed E-state index contributed by atoms with van der Waals surface area (Å²) in [6.07, 6.45) is 6.59. The zero-order valence-corrected chi connectivity index (χ0v) is 20.8. The molecule has 34 heavy (non-hydrogen) atoms. The van der Waals surface area contributed by atoms with Crippen LogP contribution in [0.4, 0.5) is 4.39 Å². The Morgan fingerprint density at radius 2 is 1.29 bits per heavy atom. The summed E-state index contributed by atoms with van der Waals surface area (Å²) in [6, 6.07) is 17.3. The Balaban J connectivity index is 1.47. The lowest BCUT2D eigenvalue weighted by molar-refractivity contribution is 0.288. The highest BCUT2D eigenvalue weighted by molar-refractivity contribution is 5.51. The largest absolute Gasteiger partial charge is 0.206 e. The van der Waals surface area contributed by atoms with Crippen LogP contribution in [0.1, 0.15) is 77.1 Å². The van der Waals surface area contributed by atoms with Crippen LogP contribution < -0.4 is 0 Å². The van der Waals surface area contributed by atoms with E-state index in [1.54, 1.807) is 6.07 Å². The molecular formula is C33H33F. The van der Waals surface area contributed by atoms with Gasteiger partial charge in [0, 0.05) is 16.7 Å². The van der Waals surface area contributed by atoms with Gasteiger partial charge in [0.05, 0.1) is 5.56 Å². The number of hydrogen-bond acceptors (Lipinski definition) is 0. The van der Waals surface area contributed by atoms with Crippen molar-refractivity contribution in [3.8, 4) is 23.7 Å². The Morgan fingerprint density at radius 1 is 0.706 bits per heavy atom. The van der Waals surface area contributed by atoms with Gasteiger partial charge in [-0.15, -0.1) is 0 Å². The van der Waals surface area contributed by atoms with Crippen molar-refractivity contribution in [3.63, 3.8) is 0 Å². The lowest BCUT2D eigenvalue weighted by Gasteiger charge is -2.27. The zero-order chi connectivity index (χ0) is 24.1. The molecule has 0 heterocycles. The number of benzene rings is 3. The molecule has 172 valence electrons. The summed E-state index contributed by atoms with van der Waals surface area (Å²) in [4.78, 5) is 0. The summed E-state index contributed by atoms with van der Waals surface area (Å²) in [6.45, 7) is 8.80. The SMILES string of the molecule is Cc1ccc(C#Cc2ccc(C#Cc3cc(C)c(CC4CCC(C)CC4)c(C)c3)cc2F)cc1. The van der Waals surface area contributed by atoms with Crippen LogP contribution in [0.5, 0.6) is 0 Å². The van der Waals surface area contributed by atoms with Gasteiger partial charge in [0.2, 0.25) is 0 Å². The molecule has 1 aliphatic rings. The minimum atomic E-state index is -0.337. The van der Waals surface area contributed by atoms with Crippen LogP contribution in [0.3, 0.4) is 0 Å². The first-order chi connectivity index (χ1) is 16.4. The molecule has 0 unspecified atom stereocenters. The van der Waals surface area contributed by atoms with Gasteiger partial charge in [-0.25, -0.2) is 4.39 Å². The fraction of sp³-hybridized carbons (Fsp3) is 0.333. The monoisotopic (exact) mass is 448 g/mol. The van der Waals surface area contributed by atoms with E-state index in [4.69, 9.17) is 0 Å². The summed E-state index contributed by atoms with van der Waals surface area (Å²) >= 11 is 0.